The van der Waals surface area contributed by atoms with Crippen molar-refractivity contribution in [2.75, 3.05) is 9.80 Å². The predicted molar refractivity (Wildman–Crippen MR) is 394 cm³/mol. The lowest BCUT2D eigenvalue weighted by Gasteiger charge is -2.30. The van der Waals surface area contributed by atoms with Gasteiger partial charge in [0.15, 0.2) is 23.1 Å². The normalized spacial score (nSPS) is 13.0. The SMILES string of the molecule is Cc1cccc(-c2ccc(N(c3ccc(-c4cccc(C)c4)cc3)c3ccc4cc(C=C5C(=O)c6ccc(-c7ccc(-c8ccccc8)c(N(c8ccc9cc(C=C%10C(=O)c%11ccccc%11C%10=O)ccc9c8)c8ccccc8-c8ccccc8)c7)cc6C5=O)ccc4c3)cc2)c1. The average molecular weight is 1230 g/mol. The summed E-state index contributed by atoms with van der Waals surface area (Å²) in [6.07, 6.45) is 3.44. The number of fused-ring (bicyclic) bond motifs is 4. The van der Waals surface area contributed by atoms with Crippen LogP contribution in [0.4, 0.5) is 34.1 Å². The number of anilines is 6. The lowest BCUT2D eigenvalue weighted by atomic mass is 9.94. The number of hydrogen-bond acceptors (Lipinski definition) is 6. The van der Waals surface area contributed by atoms with Crippen molar-refractivity contribution in [1.82, 2.24) is 0 Å². The summed E-state index contributed by atoms with van der Waals surface area (Å²) in [5.41, 5.74) is 21.9. The van der Waals surface area contributed by atoms with Crippen molar-refractivity contribution in [2.24, 2.45) is 0 Å². The third-order valence-corrected chi connectivity index (χ3v) is 18.6. The molecule has 0 amide bonds. The molecule has 0 spiro atoms. The van der Waals surface area contributed by atoms with E-state index in [1.807, 2.05) is 78.9 Å². The summed E-state index contributed by atoms with van der Waals surface area (Å²) in [7, 11) is 0. The van der Waals surface area contributed by atoms with E-state index in [0.29, 0.717) is 22.3 Å². The molecule has 96 heavy (non-hydrogen) atoms. The molecule has 0 unspecified atom stereocenters. The van der Waals surface area contributed by atoms with Crippen LogP contribution in [-0.2, 0) is 0 Å². The summed E-state index contributed by atoms with van der Waals surface area (Å²) >= 11 is 0. The van der Waals surface area contributed by atoms with E-state index in [0.717, 1.165) is 111 Å². The molecule has 0 fully saturated rings. The monoisotopic (exact) mass is 1230 g/mol. The zero-order valence-electron chi connectivity index (χ0n) is 52.7. The molecule has 2 aliphatic carbocycles. The van der Waals surface area contributed by atoms with E-state index in [-0.39, 0.29) is 34.3 Å². The Kier molecular flexibility index (Phi) is 14.9. The van der Waals surface area contributed by atoms with Crippen LogP contribution >= 0.6 is 0 Å². The van der Waals surface area contributed by atoms with Gasteiger partial charge in [-0.15, -0.1) is 0 Å². The molecular weight excluding hydrogens is 1170 g/mol. The molecule has 0 bridgehead atoms. The second kappa shape index (κ2) is 24.4. The van der Waals surface area contributed by atoms with Gasteiger partial charge in [0.2, 0.25) is 0 Å². The van der Waals surface area contributed by atoms with E-state index in [9.17, 15) is 19.2 Å². The summed E-state index contributed by atoms with van der Waals surface area (Å²) in [6, 6.07) is 108. The minimum absolute atomic E-state index is 0.127. The molecule has 2 aliphatic rings. The average Bonchev–Trinajstić information content (AvgIpc) is 1.16. The van der Waals surface area contributed by atoms with Crippen molar-refractivity contribution in [1.29, 1.82) is 0 Å². The van der Waals surface area contributed by atoms with Crippen molar-refractivity contribution in [3.63, 3.8) is 0 Å². The van der Waals surface area contributed by atoms with Crippen LogP contribution in [-0.4, -0.2) is 23.1 Å². The first kappa shape index (κ1) is 58.4. The Morgan fingerprint density at radius 1 is 0.229 bits per heavy atom. The van der Waals surface area contributed by atoms with Gasteiger partial charge in [-0.3, -0.25) is 19.2 Å². The topological polar surface area (TPSA) is 74.8 Å². The van der Waals surface area contributed by atoms with Crippen molar-refractivity contribution in [2.45, 2.75) is 13.8 Å². The molecule has 6 nitrogen and oxygen atoms in total. The van der Waals surface area contributed by atoms with Gasteiger partial charge < -0.3 is 9.80 Å². The third-order valence-electron chi connectivity index (χ3n) is 18.6. The Morgan fingerprint density at radius 3 is 1.10 bits per heavy atom. The van der Waals surface area contributed by atoms with Crippen LogP contribution in [0, 0.1) is 13.8 Å². The van der Waals surface area contributed by atoms with Crippen LogP contribution in [0.5, 0.6) is 0 Å². The highest BCUT2D eigenvalue weighted by molar-refractivity contribution is 6.42. The Balaban J connectivity index is 0.737. The van der Waals surface area contributed by atoms with Gasteiger partial charge in [0.05, 0.1) is 22.5 Å². The number of rotatable bonds is 13. The smallest absolute Gasteiger partial charge is 0.197 e. The molecular formula is C90H60N2O4. The van der Waals surface area contributed by atoms with E-state index in [2.05, 4.69) is 230 Å². The molecule has 0 aliphatic heterocycles. The Bertz CT molecular complexity index is 5440. The first-order valence-electron chi connectivity index (χ1n) is 32.3. The largest absolute Gasteiger partial charge is 0.310 e. The highest BCUT2D eigenvalue weighted by Gasteiger charge is 2.35. The van der Waals surface area contributed by atoms with Crippen molar-refractivity contribution in [3.05, 3.63) is 371 Å². The first-order valence-corrected chi connectivity index (χ1v) is 32.3. The number of benzene rings is 14. The number of carbonyl (C=O) groups is 4. The lowest BCUT2D eigenvalue weighted by molar-refractivity contribution is 0.0975. The number of allylic oxidation sites excluding steroid dienone is 2. The van der Waals surface area contributed by atoms with E-state index in [1.54, 1.807) is 42.5 Å². The van der Waals surface area contributed by atoms with Crippen LogP contribution in [0.2, 0.25) is 0 Å². The molecule has 0 radical (unpaired) electrons. The maximum Gasteiger partial charge on any atom is 0.197 e. The van der Waals surface area contributed by atoms with Crippen molar-refractivity contribution < 1.29 is 19.2 Å². The van der Waals surface area contributed by atoms with Crippen molar-refractivity contribution >= 4 is 91.0 Å². The Morgan fingerprint density at radius 2 is 0.594 bits per heavy atom. The van der Waals surface area contributed by atoms with Gasteiger partial charge >= 0.3 is 0 Å². The van der Waals surface area contributed by atoms with Gasteiger partial charge in [-0.25, -0.2) is 0 Å². The molecule has 0 aromatic heterocycles. The quantitative estimate of drug-likeness (QED) is 0.0846. The van der Waals surface area contributed by atoms with Gasteiger partial charge in [-0.1, -0.05) is 242 Å². The minimum Gasteiger partial charge on any atom is -0.310 e. The second-order valence-corrected chi connectivity index (χ2v) is 24.8. The lowest BCUT2D eigenvalue weighted by Crippen LogP contribution is -2.13. The van der Waals surface area contributed by atoms with E-state index >= 15 is 0 Å². The van der Waals surface area contributed by atoms with E-state index in [1.165, 1.54) is 22.3 Å². The van der Waals surface area contributed by atoms with Crippen LogP contribution in [0.1, 0.15) is 63.7 Å². The number of hydrogen-bond donors (Lipinski definition) is 0. The highest BCUT2D eigenvalue weighted by Crippen LogP contribution is 2.48. The summed E-state index contributed by atoms with van der Waals surface area (Å²) in [5, 5.41) is 3.88. The summed E-state index contributed by atoms with van der Waals surface area (Å²) in [5.74, 6) is -1.14. The molecule has 0 N–H and O–H groups in total. The number of para-hydroxylation sites is 1. The molecule has 0 saturated carbocycles. The van der Waals surface area contributed by atoms with E-state index < -0.39 is 0 Å². The van der Waals surface area contributed by atoms with Gasteiger partial charge in [0, 0.05) is 56.1 Å². The molecule has 6 heteroatoms. The summed E-state index contributed by atoms with van der Waals surface area (Å²) in [6.45, 7) is 4.23. The second-order valence-electron chi connectivity index (χ2n) is 24.8. The maximum absolute atomic E-state index is 14.8. The molecule has 14 aromatic rings. The molecule has 454 valence electrons. The van der Waals surface area contributed by atoms with Gasteiger partial charge in [0.25, 0.3) is 0 Å². The molecule has 0 atom stereocenters. The van der Waals surface area contributed by atoms with Crippen molar-refractivity contribution in [3.8, 4) is 55.6 Å². The fourth-order valence-electron chi connectivity index (χ4n) is 13.7. The summed E-state index contributed by atoms with van der Waals surface area (Å²) < 4.78 is 0. The first-order chi connectivity index (χ1) is 47.0. The predicted octanol–water partition coefficient (Wildman–Crippen LogP) is 22.8. The van der Waals surface area contributed by atoms with Gasteiger partial charge in [-0.2, -0.15) is 0 Å². The third kappa shape index (κ3) is 10.9. The zero-order chi connectivity index (χ0) is 65.0. The standard InChI is InChI=1S/C90H60N2O4/c1-57-15-13-21-65(47-57)61-31-39-73(40-32-61)91(74-41-33-62(34-42-74)66-22-14-16-58(2)48-66)75-43-35-67-50-60(27-29-69(67)53-75)52-84-89(95)81-46-38-71(55-82(81)90(84)96)72-37-45-78(64-19-7-4-8-20-64)86(56-72)92(85-26-12-11-23-77(85)63-17-5-3-6-18-63)76-44-36-68-49-59(28-30-70(68)54-76)51-83-87(93)79-24-9-10-25-80(79)88(83)94/h3-56H,1-2H3. The fraction of sp³-hybridized carbons (Fsp3) is 0.0222. The molecule has 0 heterocycles. The number of Topliss-reactive ketones (excluding diaryl/α,β-unsaturated/α-hetero) is 4. The number of nitrogens with zero attached hydrogens (tertiary/aromatic N) is 2. The fourth-order valence-corrected chi connectivity index (χ4v) is 13.7. The van der Waals surface area contributed by atoms with Crippen LogP contribution in [0.15, 0.2) is 327 Å². The van der Waals surface area contributed by atoms with Gasteiger partial charge in [-0.05, 0) is 188 Å². The molecule has 14 aromatic carbocycles. The highest BCUT2D eigenvalue weighted by atomic mass is 16.2. The Hall–Kier alpha value is -12.6. The van der Waals surface area contributed by atoms with Gasteiger partial charge in [0.1, 0.15) is 0 Å². The number of ketones is 4. The zero-order valence-corrected chi connectivity index (χ0v) is 52.7. The molecule has 16 rings (SSSR count). The van der Waals surface area contributed by atoms with E-state index in [4.69, 9.17) is 0 Å². The maximum atomic E-state index is 14.8. The number of carbonyl (C=O) groups excluding carboxylic acids is 4. The molecule has 0 saturated heterocycles. The number of aryl methyl sites for hydroxylation is 2. The summed E-state index contributed by atoms with van der Waals surface area (Å²) in [4.78, 5) is 60.7. The van der Waals surface area contributed by atoms with Crippen LogP contribution < -0.4 is 9.80 Å². The Labute approximate surface area is 557 Å². The minimum atomic E-state index is -0.314. The van der Waals surface area contributed by atoms with Crippen LogP contribution in [0.25, 0.3) is 89.3 Å². The van der Waals surface area contributed by atoms with Crippen LogP contribution in [0.3, 0.4) is 0 Å².